The van der Waals surface area contributed by atoms with Gasteiger partial charge in [-0.25, -0.2) is 0 Å². The molecule has 0 amide bonds. The van der Waals surface area contributed by atoms with Crippen molar-refractivity contribution in [3.8, 4) is 0 Å². The van der Waals surface area contributed by atoms with Crippen LogP contribution in [0, 0.1) is 41.5 Å². The van der Waals surface area contributed by atoms with Crippen molar-refractivity contribution < 1.29 is 0 Å². The number of hydrogen-bond acceptors (Lipinski definition) is 2. The molecule has 0 radical (unpaired) electrons. The Bertz CT molecular complexity index is 1890. The second kappa shape index (κ2) is 13.4. The van der Waals surface area contributed by atoms with Crippen molar-refractivity contribution in [1.29, 1.82) is 0 Å². The topological polar surface area (TPSA) is 6.48 Å². The Morgan fingerprint density at radius 1 is 0.312 bits per heavy atom. The van der Waals surface area contributed by atoms with Gasteiger partial charge >= 0.3 is 0 Å². The average Bonchev–Trinajstić information content (AvgIpc) is 3.01. The van der Waals surface area contributed by atoms with Gasteiger partial charge in [-0.2, -0.15) is 0 Å². The highest BCUT2D eigenvalue weighted by Crippen LogP contribution is 2.45. The fourth-order valence-electron chi connectivity index (χ4n) is 7.14. The van der Waals surface area contributed by atoms with Crippen molar-refractivity contribution >= 4 is 44.9 Å². The normalized spacial score (nSPS) is 11.5. The Morgan fingerprint density at radius 3 is 0.896 bits per heavy atom. The summed E-state index contributed by atoms with van der Waals surface area (Å²) in [7, 11) is 0. The fraction of sp³-hybridized carbons (Fsp3) is 0.261. The molecule has 0 saturated heterocycles. The van der Waals surface area contributed by atoms with E-state index in [1.54, 1.807) is 0 Å². The van der Waals surface area contributed by atoms with Crippen molar-refractivity contribution in [2.75, 3.05) is 9.80 Å². The third-order valence-electron chi connectivity index (χ3n) is 9.38. The molecule has 244 valence electrons. The predicted molar refractivity (Wildman–Crippen MR) is 210 cm³/mol. The largest absolute Gasteiger partial charge is 0.310 e. The number of nitrogens with zero attached hydrogens (tertiary/aromatic N) is 2. The van der Waals surface area contributed by atoms with Crippen LogP contribution in [0.5, 0.6) is 0 Å². The Hall–Kier alpha value is -4.82. The van der Waals surface area contributed by atoms with Gasteiger partial charge in [-0.05, 0) is 170 Å². The van der Waals surface area contributed by atoms with Crippen LogP contribution in [0.3, 0.4) is 0 Å². The molecule has 0 heterocycles. The van der Waals surface area contributed by atoms with Crippen LogP contribution in [-0.2, 0) is 0 Å². The summed E-state index contributed by atoms with van der Waals surface area (Å²) in [5.74, 6) is 0.659. The standard InChI is InChI=1S/C46H50N2/c1-29(2)43-25-41(47(37-15-11-31(5)12-16-37)39-21-33(7)19-34(8)22-39)28-46-44(30(3)4)26-42(27-45(43)46)48(38-17-13-32(6)14-18-38)40-23-35(9)20-36(10)24-40/h11-30H,1-10H3. The molecule has 0 aromatic heterocycles. The quantitative estimate of drug-likeness (QED) is 0.165. The summed E-state index contributed by atoms with van der Waals surface area (Å²) in [5.41, 5.74) is 17.4. The van der Waals surface area contributed by atoms with E-state index in [9.17, 15) is 0 Å². The first-order valence-electron chi connectivity index (χ1n) is 17.4. The minimum atomic E-state index is 0.330. The maximum Gasteiger partial charge on any atom is 0.0470 e. The van der Waals surface area contributed by atoms with E-state index in [1.165, 1.54) is 89.4 Å². The van der Waals surface area contributed by atoms with Crippen LogP contribution in [0.1, 0.15) is 84.0 Å². The van der Waals surface area contributed by atoms with Crippen LogP contribution in [0.4, 0.5) is 34.1 Å². The van der Waals surface area contributed by atoms with Gasteiger partial charge in [0.15, 0.2) is 0 Å². The lowest BCUT2D eigenvalue weighted by Crippen LogP contribution is -2.13. The number of rotatable bonds is 8. The maximum atomic E-state index is 2.44. The van der Waals surface area contributed by atoms with E-state index in [-0.39, 0.29) is 0 Å². The molecule has 0 saturated carbocycles. The molecule has 0 unspecified atom stereocenters. The monoisotopic (exact) mass is 630 g/mol. The summed E-state index contributed by atoms with van der Waals surface area (Å²) < 4.78 is 0. The highest BCUT2D eigenvalue weighted by Gasteiger charge is 2.22. The highest BCUT2D eigenvalue weighted by molar-refractivity contribution is 5.98. The summed E-state index contributed by atoms with van der Waals surface area (Å²) in [6.45, 7) is 22.4. The SMILES string of the molecule is Cc1ccc(N(c2cc(C)cc(C)c2)c2cc(C(C)C)c3cc(N(c4ccc(C)cc4)c4cc(C)cc(C)c4)cc(C(C)C)c3c2)cc1. The first kappa shape index (κ1) is 33.1. The van der Waals surface area contributed by atoms with Crippen LogP contribution < -0.4 is 9.80 Å². The molecular formula is C46H50N2. The van der Waals surface area contributed by atoms with Crippen LogP contribution in [0.15, 0.2) is 109 Å². The van der Waals surface area contributed by atoms with Gasteiger partial charge in [0, 0.05) is 34.1 Å². The van der Waals surface area contributed by atoms with Crippen molar-refractivity contribution in [3.05, 3.63) is 154 Å². The number of hydrogen-bond donors (Lipinski definition) is 0. The number of fused-ring (bicyclic) bond motifs is 1. The van der Waals surface area contributed by atoms with Gasteiger partial charge in [0.1, 0.15) is 0 Å². The highest BCUT2D eigenvalue weighted by atomic mass is 15.1. The zero-order valence-electron chi connectivity index (χ0n) is 30.4. The Kier molecular flexibility index (Phi) is 9.21. The first-order valence-corrected chi connectivity index (χ1v) is 17.4. The molecule has 0 aliphatic rings. The van der Waals surface area contributed by atoms with Gasteiger partial charge in [0.05, 0.1) is 0 Å². The van der Waals surface area contributed by atoms with E-state index in [0.29, 0.717) is 11.8 Å². The molecule has 48 heavy (non-hydrogen) atoms. The van der Waals surface area contributed by atoms with Crippen molar-refractivity contribution in [1.82, 2.24) is 0 Å². The molecule has 0 bridgehead atoms. The molecule has 0 N–H and O–H groups in total. The van der Waals surface area contributed by atoms with Crippen LogP contribution in [0.25, 0.3) is 10.8 Å². The van der Waals surface area contributed by atoms with E-state index in [1.807, 2.05) is 0 Å². The van der Waals surface area contributed by atoms with Crippen molar-refractivity contribution in [2.24, 2.45) is 0 Å². The van der Waals surface area contributed by atoms with Gasteiger partial charge in [-0.1, -0.05) is 75.2 Å². The third-order valence-corrected chi connectivity index (χ3v) is 9.38. The molecule has 0 aliphatic carbocycles. The number of aryl methyl sites for hydroxylation is 6. The summed E-state index contributed by atoms with van der Waals surface area (Å²) in [6, 6.07) is 41.4. The third kappa shape index (κ3) is 6.76. The van der Waals surface area contributed by atoms with Crippen LogP contribution >= 0.6 is 0 Å². The second-order valence-corrected chi connectivity index (χ2v) is 14.5. The molecule has 6 aromatic carbocycles. The molecule has 2 nitrogen and oxygen atoms in total. The Morgan fingerprint density at radius 2 is 0.604 bits per heavy atom. The van der Waals surface area contributed by atoms with E-state index in [2.05, 4.69) is 188 Å². The molecule has 0 spiro atoms. The van der Waals surface area contributed by atoms with Gasteiger partial charge in [0.25, 0.3) is 0 Å². The molecule has 0 atom stereocenters. The lowest BCUT2D eigenvalue weighted by Gasteiger charge is -2.30. The van der Waals surface area contributed by atoms with Crippen molar-refractivity contribution in [3.63, 3.8) is 0 Å². The molecule has 2 heteroatoms. The van der Waals surface area contributed by atoms with Crippen LogP contribution in [-0.4, -0.2) is 0 Å². The van der Waals surface area contributed by atoms with Gasteiger partial charge < -0.3 is 9.80 Å². The Balaban J connectivity index is 1.65. The summed E-state index contributed by atoms with van der Waals surface area (Å²) >= 11 is 0. The number of benzene rings is 6. The minimum Gasteiger partial charge on any atom is -0.310 e. The van der Waals surface area contributed by atoms with Crippen LogP contribution in [0.2, 0.25) is 0 Å². The summed E-state index contributed by atoms with van der Waals surface area (Å²) in [4.78, 5) is 4.88. The van der Waals surface area contributed by atoms with Gasteiger partial charge in [-0.3, -0.25) is 0 Å². The maximum absolute atomic E-state index is 2.44. The Labute approximate surface area is 288 Å². The lowest BCUT2D eigenvalue weighted by atomic mass is 9.88. The molecule has 6 rings (SSSR count). The first-order chi connectivity index (χ1) is 22.9. The zero-order chi connectivity index (χ0) is 34.3. The van der Waals surface area contributed by atoms with Gasteiger partial charge in [0.2, 0.25) is 0 Å². The zero-order valence-corrected chi connectivity index (χ0v) is 30.4. The summed E-state index contributed by atoms with van der Waals surface area (Å²) in [5, 5.41) is 2.64. The predicted octanol–water partition coefficient (Wildman–Crippen LogP) is 13.9. The second-order valence-electron chi connectivity index (χ2n) is 14.5. The fourth-order valence-corrected chi connectivity index (χ4v) is 7.14. The number of anilines is 6. The van der Waals surface area contributed by atoms with Gasteiger partial charge in [-0.15, -0.1) is 0 Å². The molecular weight excluding hydrogens is 581 g/mol. The minimum absolute atomic E-state index is 0.330. The molecule has 0 aliphatic heterocycles. The lowest BCUT2D eigenvalue weighted by molar-refractivity contribution is 0.867. The molecule has 6 aromatic rings. The summed E-state index contributed by atoms with van der Waals surface area (Å²) in [6.07, 6.45) is 0. The van der Waals surface area contributed by atoms with E-state index in [0.717, 1.165) is 0 Å². The van der Waals surface area contributed by atoms with Crippen molar-refractivity contribution in [2.45, 2.75) is 81.1 Å². The average molecular weight is 631 g/mol. The smallest absolute Gasteiger partial charge is 0.0470 e. The van der Waals surface area contributed by atoms with E-state index < -0.39 is 0 Å². The van der Waals surface area contributed by atoms with E-state index in [4.69, 9.17) is 0 Å². The van der Waals surface area contributed by atoms with E-state index >= 15 is 0 Å². The molecule has 0 fully saturated rings.